The van der Waals surface area contributed by atoms with E-state index in [0.29, 0.717) is 0 Å². The summed E-state index contributed by atoms with van der Waals surface area (Å²) >= 11 is 0. The van der Waals surface area contributed by atoms with Crippen LogP contribution in [0.3, 0.4) is 0 Å². The van der Waals surface area contributed by atoms with Crippen molar-refractivity contribution in [3.05, 3.63) is 255 Å². The average molecular weight is 855 g/mol. The summed E-state index contributed by atoms with van der Waals surface area (Å²) in [7, 11) is 0. The molecule has 0 aliphatic carbocycles. The number of para-hydroxylation sites is 5. The maximum absolute atomic E-state index is 6.43. The number of hydrogen-bond donors (Lipinski definition) is 0. The molecule has 0 N–H and O–H groups in total. The van der Waals surface area contributed by atoms with E-state index in [1.807, 2.05) is 12.1 Å². The molecule has 0 atom stereocenters. The molecular formula is C64H42N2O. The number of benzene rings is 11. The van der Waals surface area contributed by atoms with Crippen molar-refractivity contribution in [1.82, 2.24) is 4.57 Å². The Morgan fingerprint density at radius 3 is 1.60 bits per heavy atom. The van der Waals surface area contributed by atoms with Gasteiger partial charge < -0.3 is 13.9 Å². The monoisotopic (exact) mass is 854 g/mol. The quantitative estimate of drug-likeness (QED) is 0.152. The van der Waals surface area contributed by atoms with E-state index < -0.39 is 0 Å². The van der Waals surface area contributed by atoms with Crippen molar-refractivity contribution in [3.8, 4) is 50.2 Å². The van der Waals surface area contributed by atoms with Crippen LogP contribution in [0.5, 0.6) is 0 Å². The van der Waals surface area contributed by atoms with E-state index in [1.54, 1.807) is 0 Å². The van der Waals surface area contributed by atoms with Gasteiger partial charge in [-0.25, -0.2) is 0 Å². The van der Waals surface area contributed by atoms with Crippen molar-refractivity contribution in [3.63, 3.8) is 0 Å². The van der Waals surface area contributed by atoms with Gasteiger partial charge in [-0.3, -0.25) is 0 Å². The first kappa shape index (κ1) is 38.5. The van der Waals surface area contributed by atoms with Gasteiger partial charge in [0.25, 0.3) is 0 Å². The fourth-order valence-electron chi connectivity index (χ4n) is 10.2. The highest BCUT2D eigenvalue weighted by Crippen LogP contribution is 2.43. The number of fused-ring (bicyclic) bond motifs is 7. The molecule has 0 saturated carbocycles. The van der Waals surface area contributed by atoms with Crippen molar-refractivity contribution in [2.45, 2.75) is 0 Å². The summed E-state index contributed by atoms with van der Waals surface area (Å²) in [6.45, 7) is 0. The molecule has 0 bridgehead atoms. The number of aromatic nitrogens is 1. The van der Waals surface area contributed by atoms with Gasteiger partial charge in [0.15, 0.2) is 0 Å². The number of anilines is 3. The summed E-state index contributed by atoms with van der Waals surface area (Å²) in [6, 6.07) is 91.9. The molecule has 0 saturated heterocycles. The van der Waals surface area contributed by atoms with E-state index in [0.717, 1.165) is 72.5 Å². The van der Waals surface area contributed by atoms with Gasteiger partial charge in [0.05, 0.1) is 16.7 Å². The Morgan fingerprint density at radius 1 is 0.299 bits per heavy atom. The lowest BCUT2D eigenvalue weighted by Crippen LogP contribution is -2.09. The lowest BCUT2D eigenvalue weighted by atomic mass is 9.93. The second-order valence-electron chi connectivity index (χ2n) is 17.3. The van der Waals surface area contributed by atoms with Crippen LogP contribution >= 0.6 is 0 Å². The molecule has 13 aromatic rings. The van der Waals surface area contributed by atoms with Crippen molar-refractivity contribution >= 4 is 71.6 Å². The largest absolute Gasteiger partial charge is 0.455 e. The van der Waals surface area contributed by atoms with Gasteiger partial charge in [-0.05, 0) is 111 Å². The van der Waals surface area contributed by atoms with Gasteiger partial charge in [-0.15, -0.1) is 0 Å². The van der Waals surface area contributed by atoms with Crippen LogP contribution in [0.15, 0.2) is 259 Å². The first-order chi connectivity index (χ1) is 33.2. The Morgan fingerprint density at radius 2 is 0.836 bits per heavy atom. The first-order valence-corrected chi connectivity index (χ1v) is 22.9. The molecule has 0 amide bonds. The summed E-state index contributed by atoms with van der Waals surface area (Å²) < 4.78 is 8.86. The van der Waals surface area contributed by atoms with Gasteiger partial charge >= 0.3 is 0 Å². The predicted octanol–water partition coefficient (Wildman–Crippen LogP) is 18.0. The highest BCUT2D eigenvalue weighted by molar-refractivity contribution is 6.11. The zero-order valence-corrected chi connectivity index (χ0v) is 36.6. The van der Waals surface area contributed by atoms with Crippen LogP contribution in [0.4, 0.5) is 17.1 Å². The minimum atomic E-state index is 0.907. The molecule has 0 aliphatic heterocycles. The van der Waals surface area contributed by atoms with E-state index in [-0.39, 0.29) is 0 Å². The van der Waals surface area contributed by atoms with Crippen LogP contribution in [0.1, 0.15) is 0 Å². The Hall–Kier alpha value is -8.92. The predicted molar refractivity (Wildman–Crippen MR) is 282 cm³/mol. The van der Waals surface area contributed by atoms with E-state index in [1.165, 1.54) is 49.3 Å². The third kappa shape index (κ3) is 6.59. The van der Waals surface area contributed by atoms with Gasteiger partial charge in [0.2, 0.25) is 0 Å². The molecule has 0 unspecified atom stereocenters. The van der Waals surface area contributed by atoms with Crippen molar-refractivity contribution in [1.29, 1.82) is 0 Å². The Bertz CT molecular complexity index is 3930. The van der Waals surface area contributed by atoms with Crippen LogP contribution in [-0.4, -0.2) is 4.57 Å². The zero-order chi connectivity index (χ0) is 44.3. The second-order valence-corrected chi connectivity index (χ2v) is 17.3. The summed E-state index contributed by atoms with van der Waals surface area (Å²) in [4.78, 5) is 2.36. The van der Waals surface area contributed by atoms with Gasteiger partial charge in [0.1, 0.15) is 11.2 Å². The van der Waals surface area contributed by atoms with Gasteiger partial charge in [-0.2, -0.15) is 0 Å². The first-order valence-electron chi connectivity index (χ1n) is 22.9. The number of rotatable bonds is 8. The van der Waals surface area contributed by atoms with E-state index >= 15 is 0 Å². The van der Waals surface area contributed by atoms with E-state index in [4.69, 9.17) is 4.42 Å². The number of furan rings is 1. The standard InChI is InChI=1S/C64H42N2O/c1-2-16-47-42-51(40-33-43(47)15-1)65(49-36-31-44(32-37-49)46-17-13-18-48(41-46)53-25-14-26-59-58-24-8-12-30-63(58)67-64(53)59)50-38-34-45(35-39-50)52-19-3-4-20-54(52)55-21-5-9-27-60(55)66-61-28-10-6-22-56(61)57-23-7-11-29-62(57)66/h1-42H. The summed E-state index contributed by atoms with van der Waals surface area (Å²) in [5, 5.41) is 7.20. The van der Waals surface area contributed by atoms with E-state index in [2.05, 4.69) is 252 Å². The summed E-state index contributed by atoms with van der Waals surface area (Å²) in [5.41, 5.74) is 17.9. The third-order valence-corrected chi connectivity index (χ3v) is 13.4. The second kappa shape index (κ2) is 16.0. The molecule has 67 heavy (non-hydrogen) atoms. The van der Waals surface area contributed by atoms with Crippen molar-refractivity contribution < 1.29 is 4.42 Å². The molecule has 3 heteroatoms. The lowest BCUT2D eigenvalue weighted by Gasteiger charge is -2.26. The minimum absolute atomic E-state index is 0.907. The molecule has 0 spiro atoms. The molecule has 13 rings (SSSR count). The van der Waals surface area contributed by atoms with Crippen LogP contribution in [0, 0.1) is 0 Å². The Kier molecular flexibility index (Phi) is 9.17. The molecule has 2 heterocycles. The highest BCUT2D eigenvalue weighted by atomic mass is 16.3. The average Bonchev–Trinajstić information content (AvgIpc) is 3.95. The Balaban J connectivity index is 0.877. The van der Waals surface area contributed by atoms with Crippen LogP contribution in [0.2, 0.25) is 0 Å². The summed E-state index contributed by atoms with van der Waals surface area (Å²) in [5.74, 6) is 0. The maximum atomic E-state index is 6.43. The molecular weight excluding hydrogens is 813 g/mol. The number of hydrogen-bond acceptors (Lipinski definition) is 2. The smallest absolute Gasteiger partial charge is 0.143 e. The molecule has 11 aromatic carbocycles. The topological polar surface area (TPSA) is 21.3 Å². The normalized spacial score (nSPS) is 11.6. The molecule has 314 valence electrons. The van der Waals surface area contributed by atoms with Crippen LogP contribution in [0.25, 0.3) is 105 Å². The SMILES string of the molecule is c1cc(-c2ccc(N(c3ccc(-c4ccccc4-c4ccccc4-n4c5ccccc5c5ccccc54)cc3)c3ccc4ccccc4c3)cc2)cc(-c2cccc3c2oc2ccccc23)c1. The summed E-state index contributed by atoms with van der Waals surface area (Å²) in [6.07, 6.45) is 0. The van der Waals surface area contributed by atoms with Crippen molar-refractivity contribution in [2.24, 2.45) is 0 Å². The highest BCUT2D eigenvalue weighted by Gasteiger charge is 2.19. The lowest BCUT2D eigenvalue weighted by molar-refractivity contribution is 0.670. The third-order valence-electron chi connectivity index (χ3n) is 13.4. The van der Waals surface area contributed by atoms with Gasteiger partial charge in [-0.1, -0.05) is 188 Å². The molecule has 2 aromatic heterocycles. The molecule has 0 aliphatic rings. The Labute approximate surface area is 388 Å². The van der Waals surface area contributed by atoms with E-state index in [9.17, 15) is 0 Å². The fourth-order valence-corrected chi connectivity index (χ4v) is 10.2. The zero-order valence-electron chi connectivity index (χ0n) is 36.6. The molecule has 3 nitrogen and oxygen atoms in total. The van der Waals surface area contributed by atoms with Crippen LogP contribution in [-0.2, 0) is 0 Å². The fraction of sp³-hybridized carbons (Fsp3) is 0. The maximum Gasteiger partial charge on any atom is 0.143 e. The van der Waals surface area contributed by atoms with Crippen LogP contribution < -0.4 is 4.90 Å². The molecule has 0 fully saturated rings. The number of nitrogens with zero attached hydrogens (tertiary/aromatic N) is 2. The minimum Gasteiger partial charge on any atom is -0.455 e. The van der Waals surface area contributed by atoms with Gasteiger partial charge in [0, 0.05) is 49.7 Å². The van der Waals surface area contributed by atoms with Crippen molar-refractivity contribution in [2.75, 3.05) is 4.90 Å². The molecule has 0 radical (unpaired) electrons.